The van der Waals surface area contributed by atoms with Gasteiger partial charge in [-0.25, -0.2) is 0 Å². The molecule has 1 aliphatic rings. The maximum Gasteiger partial charge on any atom is 0.113 e. The molecule has 0 saturated carbocycles. The molecule has 1 fully saturated rings. The summed E-state index contributed by atoms with van der Waals surface area (Å²) in [5.74, 6) is 1.74. The largest absolute Gasteiger partial charge is 0.616 e. The van der Waals surface area contributed by atoms with E-state index in [0.717, 1.165) is 24.5 Å². The molecule has 3 unspecified atom stereocenters. The van der Waals surface area contributed by atoms with E-state index in [1.807, 2.05) is 0 Å². The molecule has 0 aromatic heterocycles. The molecule has 0 amide bonds. The molecule has 3 atom stereocenters. The van der Waals surface area contributed by atoms with Crippen molar-refractivity contribution in [2.45, 2.75) is 31.9 Å². The summed E-state index contributed by atoms with van der Waals surface area (Å²) in [6.45, 7) is 4.33. The maximum atomic E-state index is 11.1. The zero-order chi connectivity index (χ0) is 6.85. The van der Waals surface area contributed by atoms with Crippen molar-refractivity contribution >= 4 is 11.2 Å². The van der Waals surface area contributed by atoms with E-state index in [0.29, 0.717) is 5.25 Å². The van der Waals surface area contributed by atoms with Gasteiger partial charge in [0.1, 0.15) is 11.0 Å². The Morgan fingerprint density at radius 3 is 2.56 bits per heavy atom. The van der Waals surface area contributed by atoms with Gasteiger partial charge < -0.3 is 4.55 Å². The van der Waals surface area contributed by atoms with Crippen molar-refractivity contribution in [2.24, 2.45) is 5.92 Å². The Balaban J connectivity index is 2.35. The summed E-state index contributed by atoms with van der Waals surface area (Å²) in [5, 5.41) is 0.453. The molecule has 1 heterocycles. The molecule has 54 valence electrons. The van der Waals surface area contributed by atoms with E-state index in [2.05, 4.69) is 13.8 Å². The smallest absolute Gasteiger partial charge is 0.113 e. The van der Waals surface area contributed by atoms with Crippen LogP contribution < -0.4 is 0 Å². The first kappa shape index (κ1) is 7.42. The SMILES string of the molecule is CC1CC[S+]([O-])C(C)C1. The predicted octanol–water partition coefficient (Wildman–Crippen LogP) is 1.55. The molecule has 0 spiro atoms. The normalized spacial score (nSPS) is 45.0. The highest BCUT2D eigenvalue weighted by Gasteiger charge is 2.25. The number of hydrogen-bond acceptors (Lipinski definition) is 1. The van der Waals surface area contributed by atoms with Gasteiger partial charge in [-0.05, 0) is 25.7 Å². The van der Waals surface area contributed by atoms with Crippen LogP contribution in [0.25, 0.3) is 0 Å². The summed E-state index contributed by atoms with van der Waals surface area (Å²) in [6.07, 6.45) is 2.32. The first-order valence-corrected chi connectivity index (χ1v) is 4.95. The molecule has 0 aromatic carbocycles. The van der Waals surface area contributed by atoms with E-state index >= 15 is 0 Å². The Hall–Kier alpha value is 0.310. The second kappa shape index (κ2) is 2.93. The lowest BCUT2D eigenvalue weighted by atomic mass is 10.0. The highest BCUT2D eigenvalue weighted by molar-refractivity contribution is 7.92. The highest BCUT2D eigenvalue weighted by atomic mass is 32.2. The van der Waals surface area contributed by atoms with Gasteiger partial charge in [0.05, 0.1) is 0 Å². The molecule has 1 rings (SSSR count). The molecule has 0 N–H and O–H groups in total. The fourth-order valence-electron chi connectivity index (χ4n) is 1.31. The predicted molar refractivity (Wildman–Crippen MR) is 40.9 cm³/mol. The van der Waals surface area contributed by atoms with Crippen LogP contribution in [0.15, 0.2) is 0 Å². The second-order valence-corrected chi connectivity index (χ2v) is 5.00. The molecule has 0 aromatic rings. The summed E-state index contributed by atoms with van der Waals surface area (Å²) >= 11 is -0.506. The van der Waals surface area contributed by atoms with Crippen molar-refractivity contribution in [3.63, 3.8) is 0 Å². The number of hydrogen-bond donors (Lipinski definition) is 0. The molecule has 2 heteroatoms. The van der Waals surface area contributed by atoms with E-state index in [9.17, 15) is 4.55 Å². The Labute approximate surface area is 60.0 Å². The van der Waals surface area contributed by atoms with Crippen LogP contribution >= 0.6 is 0 Å². The van der Waals surface area contributed by atoms with Crippen molar-refractivity contribution < 1.29 is 4.55 Å². The van der Waals surface area contributed by atoms with Crippen LogP contribution in [0.2, 0.25) is 0 Å². The Bertz CT molecular complexity index is 94.9. The van der Waals surface area contributed by atoms with Gasteiger partial charge in [-0.15, -0.1) is 0 Å². The first-order chi connectivity index (χ1) is 4.20. The molecular formula is C7H14OS. The Morgan fingerprint density at radius 2 is 2.11 bits per heavy atom. The monoisotopic (exact) mass is 146 g/mol. The highest BCUT2D eigenvalue weighted by Crippen LogP contribution is 2.23. The van der Waals surface area contributed by atoms with Gasteiger partial charge >= 0.3 is 0 Å². The first-order valence-electron chi connectivity index (χ1n) is 3.57. The van der Waals surface area contributed by atoms with Gasteiger partial charge in [-0.3, -0.25) is 0 Å². The summed E-state index contributed by atoms with van der Waals surface area (Å²) in [7, 11) is 0. The molecule has 0 radical (unpaired) electrons. The third-order valence-corrected chi connectivity index (χ3v) is 3.72. The topological polar surface area (TPSA) is 23.1 Å². The van der Waals surface area contributed by atoms with Gasteiger partial charge in [0.2, 0.25) is 0 Å². The Morgan fingerprint density at radius 1 is 1.44 bits per heavy atom. The standard InChI is InChI=1S/C7H14OS/c1-6-3-4-9(8)7(2)5-6/h6-7H,3-5H2,1-2H3. The van der Waals surface area contributed by atoms with E-state index in [4.69, 9.17) is 0 Å². The van der Waals surface area contributed by atoms with Crippen LogP contribution in [0.5, 0.6) is 0 Å². The van der Waals surface area contributed by atoms with Crippen molar-refractivity contribution in [3.05, 3.63) is 0 Å². The summed E-state index contributed by atoms with van der Waals surface area (Å²) < 4.78 is 11.1. The van der Waals surface area contributed by atoms with Gasteiger partial charge in [0.15, 0.2) is 0 Å². The fraction of sp³-hybridized carbons (Fsp3) is 1.00. The van der Waals surface area contributed by atoms with Crippen molar-refractivity contribution in [3.8, 4) is 0 Å². The molecule has 1 nitrogen and oxygen atoms in total. The van der Waals surface area contributed by atoms with Gasteiger partial charge in [-0.1, -0.05) is 18.1 Å². The molecular weight excluding hydrogens is 132 g/mol. The maximum absolute atomic E-state index is 11.1. The van der Waals surface area contributed by atoms with E-state index < -0.39 is 11.2 Å². The summed E-state index contributed by atoms with van der Waals surface area (Å²) in [6, 6.07) is 0. The van der Waals surface area contributed by atoms with Crippen LogP contribution in [0.3, 0.4) is 0 Å². The minimum Gasteiger partial charge on any atom is -0.616 e. The zero-order valence-electron chi connectivity index (χ0n) is 6.09. The number of rotatable bonds is 0. The summed E-state index contributed by atoms with van der Waals surface area (Å²) in [5.41, 5.74) is 0. The van der Waals surface area contributed by atoms with E-state index in [1.165, 1.54) is 0 Å². The lowest BCUT2D eigenvalue weighted by Crippen LogP contribution is -2.29. The zero-order valence-corrected chi connectivity index (χ0v) is 6.91. The second-order valence-electron chi connectivity index (χ2n) is 3.03. The van der Waals surface area contributed by atoms with E-state index in [-0.39, 0.29) is 0 Å². The van der Waals surface area contributed by atoms with Gasteiger partial charge in [0, 0.05) is 0 Å². The van der Waals surface area contributed by atoms with Crippen LogP contribution in [0, 0.1) is 5.92 Å². The van der Waals surface area contributed by atoms with Gasteiger partial charge in [-0.2, -0.15) is 0 Å². The minimum atomic E-state index is -0.506. The van der Waals surface area contributed by atoms with Crippen LogP contribution in [0.4, 0.5) is 0 Å². The minimum absolute atomic E-state index is 0.453. The quantitative estimate of drug-likeness (QED) is 0.475. The van der Waals surface area contributed by atoms with Crippen LogP contribution in [-0.4, -0.2) is 15.6 Å². The Kier molecular flexibility index (Phi) is 2.42. The lowest BCUT2D eigenvalue weighted by molar-refractivity contribution is 0.464. The lowest BCUT2D eigenvalue weighted by Gasteiger charge is -2.26. The van der Waals surface area contributed by atoms with Crippen molar-refractivity contribution in [1.82, 2.24) is 0 Å². The van der Waals surface area contributed by atoms with E-state index in [1.54, 1.807) is 0 Å². The molecule has 1 aliphatic heterocycles. The van der Waals surface area contributed by atoms with Crippen LogP contribution in [-0.2, 0) is 11.2 Å². The molecule has 0 aliphatic carbocycles. The van der Waals surface area contributed by atoms with Crippen molar-refractivity contribution in [1.29, 1.82) is 0 Å². The summed E-state index contributed by atoms with van der Waals surface area (Å²) in [4.78, 5) is 0. The van der Waals surface area contributed by atoms with Crippen LogP contribution in [0.1, 0.15) is 26.7 Å². The molecule has 9 heavy (non-hydrogen) atoms. The third kappa shape index (κ3) is 1.87. The average Bonchev–Trinajstić information content (AvgIpc) is 1.80. The van der Waals surface area contributed by atoms with Crippen molar-refractivity contribution in [2.75, 3.05) is 5.75 Å². The third-order valence-electron chi connectivity index (χ3n) is 1.99. The molecule has 0 bridgehead atoms. The molecule has 1 saturated heterocycles. The fourth-order valence-corrected chi connectivity index (χ4v) is 2.89. The van der Waals surface area contributed by atoms with Gasteiger partial charge in [0.25, 0.3) is 0 Å². The average molecular weight is 146 g/mol.